The highest BCUT2D eigenvalue weighted by atomic mass is 32.1. The number of amides is 7. The SMILES string of the molecule is CC[C@H](C)[C@@H]([C@@H](CC(=O)N1CCC[C@H]1[C@H](OC)[C@@H](C)C(=O)C[C@@H](Cc1ccccc1)c1nccs1)OC)N(C)C(=O)[C@@H](CC(=O)C(C)(C)NC(=O)OCc1ccc(CC(=O)[C@H](CCCNC(N)=O)NC(=O)[C@@H](CC(=O)[C@@H](COCCN)NC(C)=O)C(C)C)cc1)C(C)C. The fraction of sp³-hybridized carbons (Fsp3) is 0.638. The average Bonchev–Trinajstić information content (AvgIpc) is 2.61. The van der Waals surface area contributed by atoms with Gasteiger partial charge in [-0.25, -0.2) is 14.6 Å². The van der Waals surface area contributed by atoms with Crippen LogP contribution in [0, 0.1) is 35.5 Å². The molecule has 0 bridgehead atoms. The Hall–Kier alpha value is -6.99. The molecule has 0 radical (unpaired) electrons. The van der Waals surface area contributed by atoms with Crippen molar-refractivity contribution in [3.63, 3.8) is 0 Å². The fourth-order valence-electron chi connectivity index (χ4n) is 12.1. The van der Waals surface area contributed by atoms with Crippen molar-refractivity contribution in [2.45, 2.75) is 194 Å². The van der Waals surface area contributed by atoms with Crippen molar-refractivity contribution in [2.75, 3.05) is 54.1 Å². The zero-order chi connectivity index (χ0) is 69.1. The fourth-order valence-corrected chi connectivity index (χ4v) is 12.8. The smallest absolute Gasteiger partial charge is 0.408 e. The molecule has 1 aromatic heterocycles. The number of likely N-dealkylation sites (N-methyl/N-ethyl adjacent to an activating group) is 1. The molecule has 1 saturated heterocycles. The van der Waals surface area contributed by atoms with Gasteiger partial charge in [-0.05, 0) is 80.4 Å². The molecule has 4 rings (SSSR count). The van der Waals surface area contributed by atoms with Crippen molar-refractivity contribution in [1.29, 1.82) is 0 Å². The summed E-state index contributed by atoms with van der Waals surface area (Å²) < 4.78 is 23.2. The Morgan fingerprint density at radius 2 is 1.47 bits per heavy atom. The molecule has 1 aliphatic heterocycles. The van der Waals surface area contributed by atoms with Crippen molar-refractivity contribution >= 4 is 70.2 Å². The molecule has 3 aromatic rings. The van der Waals surface area contributed by atoms with Gasteiger partial charge >= 0.3 is 12.1 Å². The maximum Gasteiger partial charge on any atom is 0.408 e. The van der Waals surface area contributed by atoms with Gasteiger partial charge in [0.1, 0.15) is 18.4 Å². The van der Waals surface area contributed by atoms with Gasteiger partial charge in [0.15, 0.2) is 17.3 Å². The molecule has 1 fully saturated rings. The van der Waals surface area contributed by atoms with Crippen LogP contribution in [0.2, 0.25) is 0 Å². The molecule has 23 nitrogen and oxygen atoms in total. The molecular weight excluding hydrogens is 1210 g/mol. The van der Waals surface area contributed by atoms with E-state index in [1.807, 2.05) is 63.1 Å². The van der Waals surface area contributed by atoms with Gasteiger partial charge in [0.25, 0.3) is 0 Å². The van der Waals surface area contributed by atoms with Gasteiger partial charge < -0.3 is 61.5 Å². The number of hydrogen-bond donors (Lipinski definition) is 6. The lowest BCUT2D eigenvalue weighted by atomic mass is 9.83. The third-order valence-electron chi connectivity index (χ3n) is 17.9. The number of benzene rings is 2. The van der Waals surface area contributed by atoms with E-state index in [4.69, 9.17) is 30.4 Å². The van der Waals surface area contributed by atoms with Crippen LogP contribution < -0.4 is 32.7 Å². The van der Waals surface area contributed by atoms with E-state index < -0.39 is 89.1 Å². The van der Waals surface area contributed by atoms with E-state index in [-0.39, 0.29) is 125 Å². The number of alkyl carbamates (subject to hydrolysis) is 1. The van der Waals surface area contributed by atoms with Crippen molar-refractivity contribution in [3.05, 3.63) is 87.9 Å². The van der Waals surface area contributed by atoms with Crippen LogP contribution in [0.25, 0.3) is 0 Å². The van der Waals surface area contributed by atoms with E-state index in [1.54, 1.807) is 77.2 Å². The summed E-state index contributed by atoms with van der Waals surface area (Å²) in [6.45, 7) is 18.2. The Morgan fingerprint density at radius 1 is 0.806 bits per heavy atom. The molecule has 2 aromatic carbocycles. The minimum absolute atomic E-state index is 0.0342. The Morgan fingerprint density at radius 3 is 2.05 bits per heavy atom. The van der Waals surface area contributed by atoms with Gasteiger partial charge in [0.2, 0.25) is 23.6 Å². The number of nitrogens with two attached hydrogens (primary N) is 2. The van der Waals surface area contributed by atoms with E-state index in [0.29, 0.717) is 43.4 Å². The lowest BCUT2D eigenvalue weighted by Crippen LogP contribution is -2.55. The van der Waals surface area contributed by atoms with E-state index in [1.165, 1.54) is 25.4 Å². The predicted octanol–water partition coefficient (Wildman–Crippen LogP) is 7.04. The minimum Gasteiger partial charge on any atom is -0.445 e. The quantitative estimate of drug-likeness (QED) is 0.0310. The molecule has 93 heavy (non-hydrogen) atoms. The van der Waals surface area contributed by atoms with Crippen LogP contribution >= 0.6 is 11.3 Å². The van der Waals surface area contributed by atoms with Gasteiger partial charge in [-0.1, -0.05) is 109 Å². The van der Waals surface area contributed by atoms with Crippen LogP contribution in [-0.2, 0) is 76.8 Å². The number of carbonyl (C=O) groups is 10. The normalized spacial score (nSPS) is 16.6. The first kappa shape index (κ1) is 78.5. The molecule has 8 N–H and O–H groups in total. The lowest BCUT2D eigenvalue weighted by Gasteiger charge is -2.41. The molecule has 24 heteroatoms. The van der Waals surface area contributed by atoms with Crippen LogP contribution in [0.4, 0.5) is 9.59 Å². The Balaban J connectivity index is 1.38. The third kappa shape index (κ3) is 24.7. The summed E-state index contributed by atoms with van der Waals surface area (Å²) in [5.41, 5.74) is 11.6. The molecule has 11 atom stereocenters. The summed E-state index contributed by atoms with van der Waals surface area (Å²) in [5.74, 6) is -5.68. The topological polar surface area (TPSA) is 327 Å². The highest BCUT2D eigenvalue weighted by Crippen LogP contribution is 2.34. The van der Waals surface area contributed by atoms with Crippen LogP contribution in [0.3, 0.4) is 0 Å². The zero-order valence-corrected chi connectivity index (χ0v) is 57.8. The largest absolute Gasteiger partial charge is 0.445 e. The number of ether oxygens (including phenoxy) is 4. The van der Waals surface area contributed by atoms with Gasteiger partial charge in [-0.15, -0.1) is 11.3 Å². The first-order valence-electron chi connectivity index (χ1n) is 32.6. The summed E-state index contributed by atoms with van der Waals surface area (Å²) in [4.78, 5) is 144. The summed E-state index contributed by atoms with van der Waals surface area (Å²) >= 11 is 1.53. The summed E-state index contributed by atoms with van der Waals surface area (Å²) in [6, 6.07) is 13.1. The summed E-state index contributed by atoms with van der Waals surface area (Å²) in [5, 5.41) is 13.4. The van der Waals surface area contributed by atoms with E-state index in [9.17, 15) is 47.9 Å². The standard InChI is InChI=1S/C69H105N9O14S/c1-14-44(6)62(59(89-12)39-61(84)78-31-19-23-55(78)63(90-13)45(7)56(80)36-50(65-72-30-33-93-65)34-47-20-16-15-17-21-47)77(11)66(86)52(43(4)5)38-60(83)69(9,10)76-68(88)92-40-49-26-24-48(25-27-49)35-57(81)53(22-18-29-73-67(71)87)75-64(85)51(42(2)3)37-58(82)54(74-46(8)79)41-91-32-28-70/h15-17,20-21,24-27,30,33,42-45,50-55,59,62-63H,14,18-19,22-23,28-29,31-32,34-41,70H2,1-13H3,(H,74,79)(H,75,85)(H,76,88)(H3,71,73,87)/t44-,45-,50+,51-,52-,53-,54+,55-,59+,62-,63+/m0/s1. The van der Waals surface area contributed by atoms with Crippen LogP contribution in [0.1, 0.15) is 155 Å². The Kier molecular flexibility index (Phi) is 32.9. The molecular formula is C69H105N9O14S. The van der Waals surface area contributed by atoms with Crippen LogP contribution in [-0.4, -0.2) is 170 Å². The molecule has 2 heterocycles. The van der Waals surface area contributed by atoms with Gasteiger partial charge in [0, 0.05) is 109 Å². The number of carbonyl (C=O) groups excluding carboxylic acids is 10. The number of nitrogens with one attached hydrogen (secondary N) is 4. The number of likely N-dealkylation sites (tertiary alicyclic amines) is 1. The number of ketones is 4. The summed E-state index contributed by atoms with van der Waals surface area (Å²) in [6.07, 6.45) is 2.41. The van der Waals surface area contributed by atoms with Crippen LogP contribution in [0.15, 0.2) is 66.2 Å². The summed E-state index contributed by atoms with van der Waals surface area (Å²) in [7, 11) is 4.80. The van der Waals surface area contributed by atoms with E-state index in [0.717, 1.165) is 17.0 Å². The number of thiazole rings is 1. The maximum atomic E-state index is 14.8. The number of methoxy groups -OCH3 is 2. The highest BCUT2D eigenvalue weighted by molar-refractivity contribution is 7.09. The van der Waals surface area contributed by atoms with E-state index in [2.05, 4.69) is 38.4 Å². The number of Topliss-reactive ketones (excluding diaryl/α,β-unsaturated/α-hetero) is 4. The maximum absolute atomic E-state index is 14.8. The second kappa shape index (κ2) is 39.0. The second-order valence-electron chi connectivity index (χ2n) is 25.9. The minimum atomic E-state index is -1.47. The Labute approximate surface area is 554 Å². The average molecular weight is 1320 g/mol. The Bertz CT molecular complexity index is 2890. The van der Waals surface area contributed by atoms with E-state index >= 15 is 0 Å². The molecule has 0 saturated carbocycles. The van der Waals surface area contributed by atoms with Gasteiger partial charge in [-0.2, -0.15) is 0 Å². The number of aromatic nitrogens is 1. The molecule has 516 valence electrons. The van der Waals surface area contributed by atoms with Gasteiger partial charge in [0.05, 0.1) is 60.5 Å². The molecule has 7 amide bonds. The number of nitrogens with zero attached hydrogens (tertiary/aromatic N) is 3. The highest BCUT2D eigenvalue weighted by Gasteiger charge is 2.44. The van der Waals surface area contributed by atoms with Crippen molar-refractivity contribution in [2.24, 2.45) is 47.0 Å². The third-order valence-corrected chi connectivity index (χ3v) is 18.8. The van der Waals surface area contributed by atoms with Crippen LogP contribution in [0.5, 0.6) is 0 Å². The first-order valence-corrected chi connectivity index (χ1v) is 33.5. The predicted molar refractivity (Wildman–Crippen MR) is 355 cm³/mol. The number of urea groups is 1. The first-order chi connectivity index (χ1) is 44.1. The lowest BCUT2D eigenvalue weighted by molar-refractivity contribution is -0.149. The van der Waals surface area contributed by atoms with Gasteiger partial charge in [-0.3, -0.25) is 38.4 Å². The molecule has 0 unspecified atom stereocenters. The number of rotatable bonds is 42. The molecule has 1 aliphatic rings. The van der Waals surface area contributed by atoms with Crippen molar-refractivity contribution in [3.8, 4) is 0 Å². The van der Waals surface area contributed by atoms with Crippen molar-refractivity contribution in [1.82, 2.24) is 36.1 Å². The number of primary amides is 1. The second-order valence-corrected chi connectivity index (χ2v) is 26.8. The molecule has 0 aliphatic carbocycles. The monoisotopic (exact) mass is 1320 g/mol. The molecule has 0 spiro atoms. The zero-order valence-electron chi connectivity index (χ0n) is 57.0. The van der Waals surface area contributed by atoms with Crippen molar-refractivity contribution < 1.29 is 66.9 Å². The number of hydrogen-bond acceptors (Lipinski definition) is 17.